The maximum atomic E-state index is 11.8. The molecule has 21 heavy (non-hydrogen) atoms. The normalized spacial score (nSPS) is 20.4. The van der Waals surface area contributed by atoms with E-state index in [9.17, 15) is 14.7 Å². The topological polar surface area (TPSA) is 75.6 Å². The molecule has 3 rings (SSSR count). The first-order valence-corrected chi connectivity index (χ1v) is 7.28. The summed E-state index contributed by atoms with van der Waals surface area (Å²) >= 11 is 0. The minimum absolute atomic E-state index is 0.0364. The van der Waals surface area contributed by atoms with Crippen molar-refractivity contribution in [2.75, 3.05) is 0 Å². The highest BCUT2D eigenvalue weighted by Crippen LogP contribution is 2.63. The number of aliphatic carboxylic acids is 1. The van der Waals surface area contributed by atoms with Crippen LogP contribution in [0.15, 0.2) is 30.3 Å². The summed E-state index contributed by atoms with van der Waals surface area (Å²) in [5.41, 5.74) is 1.29. The molecule has 112 valence electrons. The van der Waals surface area contributed by atoms with Crippen LogP contribution in [0.5, 0.6) is 0 Å². The quantitative estimate of drug-likeness (QED) is 0.873. The molecule has 2 N–H and O–H groups in total. The summed E-state index contributed by atoms with van der Waals surface area (Å²) in [5, 5.41) is 11.8. The van der Waals surface area contributed by atoms with E-state index in [4.69, 9.17) is 4.74 Å². The number of hydrogen-bond donors (Lipinski definition) is 2. The summed E-state index contributed by atoms with van der Waals surface area (Å²) < 4.78 is 5.08. The second-order valence-electron chi connectivity index (χ2n) is 6.19. The molecule has 5 nitrogen and oxygen atoms in total. The zero-order valence-electron chi connectivity index (χ0n) is 11.7. The van der Waals surface area contributed by atoms with Gasteiger partial charge in [0.05, 0.1) is 0 Å². The van der Waals surface area contributed by atoms with E-state index in [0.717, 1.165) is 18.4 Å². The Morgan fingerprint density at radius 2 is 1.95 bits per heavy atom. The second kappa shape index (κ2) is 5.39. The molecule has 1 spiro atoms. The Hall–Kier alpha value is -2.04. The van der Waals surface area contributed by atoms with Crippen molar-refractivity contribution >= 4 is 12.1 Å². The smallest absolute Gasteiger partial charge is 0.408 e. The van der Waals surface area contributed by atoms with Crippen LogP contribution in [0.3, 0.4) is 0 Å². The van der Waals surface area contributed by atoms with E-state index in [2.05, 4.69) is 5.32 Å². The molecule has 5 heteroatoms. The fourth-order valence-electron chi connectivity index (χ4n) is 3.15. The van der Waals surface area contributed by atoms with Gasteiger partial charge in [-0.05, 0) is 42.6 Å². The van der Waals surface area contributed by atoms with Crippen molar-refractivity contribution in [2.45, 2.75) is 38.3 Å². The number of nitrogens with one attached hydrogen (secondary N) is 1. The highest BCUT2D eigenvalue weighted by Gasteiger charge is 2.56. The molecule has 0 aromatic heterocycles. The number of carboxylic acids is 1. The van der Waals surface area contributed by atoms with Gasteiger partial charge >= 0.3 is 12.1 Å². The Kier molecular flexibility index (Phi) is 3.57. The summed E-state index contributed by atoms with van der Waals surface area (Å²) in [7, 11) is 0. The lowest BCUT2D eigenvalue weighted by molar-refractivity contribution is -0.142. The van der Waals surface area contributed by atoms with Gasteiger partial charge in [0, 0.05) is 0 Å². The molecule has 0 saturated heterocycles. The lowest BCUT2D eigenvalue weighted by Gasteiger charge is -2.39. The average molecular weight is 289 g/mol. The maximum Gasteiger partial charge on any atom is 0.408 e. The molecule has 1 aromatic rings. The third-order valence-electron chi connectivity index (χ3n) is 4.57. The molecule has 1 aromatic carbocycles. The molecular weight excluding hydrogens is 270 g/mol. The van der Waals surface area contributed by atoms with Crippen LogP contribution in [0.4, 0.5) is 4.79 Å². The molecule has 2 saturated carbocycles. The number of carboxylic acid groups (broad SMARTS) is 1. The van der Waals surface area contributed by atoms with Crippen molar-refractivity contribution < 1.29 is 19.4 Å². The summed E-state index contributed by atoms with van der Waals surface area (Å²) in [6.07, 6.45) is 3.55. The second-order valence-corrected chi connectivity index (χ2v) is 6.19. The predicted octanol–water partition coefficient (Wildman–Crippen LogP) is 2.56. The summed E-state index contributed by atoms with van der Waals surface area (Å²) in [6.45, 7) is 0.146. The minimum Gasteiger partial charge on any atom is -0.480 e. The zero-order valence-corrected chi connectivity index (χ0v) is 11.7. The Morgan fingerprint density at radius 3 is 2.52 bits per heavy atom. The van der Waals surface area contributed by atoms with Crippen LogP contribution in [0, 0.1) is 11.3 Å². The van der Waals surface area contributed by atoms with Gasteiger partial charge < -0.3 is 15.2 Å². The van der Waals surface area contributed by atoms with Crippen LogP contribution in [-0.2, 0) is 16.1 Å². The Labute approximate surface area is 123 Å². The van der Waals surface area contributed by atoms with Gasteiger partial charge in [0.1, 0.15) is 12.6 Å². The molecular formula is C16H19NO4. The molecule has 0 bridgehead atoms. The van der Waals surface area contributed by atoms with E-state index >= 15 is 0 Å². The van der Waals surface area contributed by atoms with Gasteiger partial charge in [-0.1, -0.05) is 30.3 Å². The van der Waals surface area contributed by atoms with Crippen molar-refractivity contribution in [3.05, 3.63) is 35.9 Å². The van der Waals surface area contributed by atoms with Crippen LogP contribution in [0.25, 0.3) is 0 Å². The number of hydrogen-bond acceptors (Lipinski definition) is 3. The molecule has 1 atom stereocenters. The molecule has 2 aliphatic rings. The predicted molar refractivity (Wildman–Crippen MR) is 75.6 cm³/mol. The Balaban J connectivity index is 1.48. The molecule has 2 fully saturated rings. The minimum atomic E-state index is -0.979. The third-order valence-corrected chi connectivity index (χ3v) is 4.57. The largest absolute Gasteiger partial charge is 0.480 e. The average Bonchev–Trinajstić information content (AvgIpc) is 3.23. The summed E-state index contributed by atoms with van der Waals surface area (Å²) in [5.74, 6) is -0.943. The summed E-state index contributed by atoms with van der Waals surface area (Å²) in [6, 6.07) is 8.48. The molecule has 0 radical (unpaired) electrons. The van der Waals surface area contributed by atoms with Gasteiger partial charge in [-0.25, -0.2) is 9.59 Å². The van der Waals surface area contributed by atoms with Gasteiger partial charge in [-0.2, -0.15) is 0 Å². The number of alkyl carbamates (subject to hydrolysis) is 1. The Morgan fingerprint density at radius 1 is 1.29 bits per heavy atom. The van der Waals surface area contributed by atoms with Crippen molar-refractivity contribution in [1.29, 1.82) is 0 Å². The van der Waals surface area contributed by atoms with Gasteiger partial charge in [0.15, 0.2) is 0 Å². The number of carbonyl (C=O) groups is 2. The van der Waals surface area contributed by atoms with Crippen LogP contribution in [0.2, 0.25) is 0 Å². The number of rotatable bonds is 5. The number of carbonyl (C=O) groups excluding carboxylic acids is 1. The van der Waals surface area contributed by atoms with E-state index < -0.39 is 18.1 Å². The molecule has 2 aliphatic carbocycles. The summed E-state index contributed by atoms with van der Waals surface area (Å²) in [4.78, 5) is 23.1. The first-order chi connectivity index (χ1) is 10.1. The van der Waals surface area contributed by atoms with Crippen molar-refractivity contribution in [3.8, 4) is 0 Å². The van der Waals surface area contributed by atoms with E-state index in [-0.39, 0.29) is 12.5 Å². The van der Waals surface area contributed by atoms with Gasteiger partial charge in [0.25, 0.3) is 0 Å². The van der Waals surface area contributed by atoms with E-state index in [1.54, 1.807) is 0 Å². The lowest BCUT2D eigenvalue weighted by Crippen LogP contribution is -2.50. The molecule has 0 aliphatic heterocycles. The van der Waals surface area contributed by atoms with Gasteiger partial charge in [-0.15, -0.1) is 0 Å². The van der Waals surface area contributed by atoms with Crippen LogP contribution in [0.1, 0.15) is 31.2 Å². The number of benzene rings is 1. The van der Waals surface area contributed by atoms with Crippen molar-refractivity contribution in [2.24, 2.45) is 11.3 Å². The number of ether oxygens (including phenoxy) is 1. The standard InChI is InChI=1S/C16H19NO4/c18-14(19)13(12-8-16(9-12)6-7-16)17-15(20)21-10-11-4-2-1-3-5-11/h1-5,12-13H,6-10H2,(H,17,20)(H,18,19). The van der Waals surface area contributed by atoms with Crippen molar-refractivity contribution in [1.82, 2.24) is 5.32 Å². The lowest BCUT2D eigenvalue weighted by atomic mass is 9.68. The first kappa shape index (κ1) is 13.9. The molecule has 0 heterocycles. The monoisotopic (exact) mass is 289 g/mol. The highest BCUT2D eigenvalue weighted by molar-refractivity contribution is 5.80. The Bertz CT molecular complexity index is 530. The highest BCUT2D eigenvalue weighted by atomic mass is 16.5. The zero-order chi connectivity index (χ0) is 14.9. The third kappa shape index (κ3) is 3.17. The van der Waals surface area contributed by atoms with Gasteiger partial charge in [-0.3, -0.25) is 0 Å². The van der Waals surface area contributed by atoms with E-state index in [0.29, 0.717) is 5.41 Å². The van der Waals surface area contributed by atoms with Gasteiger partial charge in [0.2, 0.25) is 0 Å². The number of amides is 1. The van der Waals surface area contributed by atoms with Crippen molar-refractivity contribution in [3.63, 3.8) is 0 Å². The SMILES string of the molecule is O=C(NC(C(=O)O)C1CC2(CC2)C1)OCc1ccccc1. The van der Waals surface area contributed by atoms with Crippen LogP contribution >= 0.6 is 0 Å². The molecule has 1 amide bonds. The maximum absolute atomic E-state index is 11.8. The van der Waals surface area contributed by atoms with E-state index in [1.807, 2.05) is 30.3 Å². The van der Waals surface area contributed by atoms with Crippen LogP contribution in [-0.4, -0.2) is 23.2 Å². The first-order valence-electron chi connectivity index (χ1n) is 7.28. The fourth-order valence-corrected chi connectivity index (χ4v) is 3.15. The van der Waals surface area contributed by atoms with E-state index in [1.165, 1.54) is 12.8 Å². The van der Waals surface area contributed by atoms with Crippen LogP contribution < -0.4 is 5.32 Å². The fraction of sp³-hybridized carbons (Fsp3) is 0.500. The molecule has 1 unspecified atom stereocenters.